The molecule has 0 aromatic heterocycles. The standard InChI is InChI=1S/C24H26N3/c1-25(19-13-7-4-8-14-19)22-23(26(2)20-15-9-5-10-16-20)24(22)27(3)21-17-11-6-12-18-21/h4-18,22-23H,1-3H3/q+1. The summed E-state index contributed by atoms with van der Waals surface area (Å²) in [5.41, 5.74) is 5.12. The van der Waals surface area contributed by atoms with Crippen LogP contribution in [-0.4, -0.2) is 43.5 Å². The van der Waals surface area contributed by atoms with Crippen molar-refractivity contribution in [2.45, 2.75) is 12.1 Å². The number of nitrogens with zero attached hydrogens (tertiary/aromatic N) is 3. The van der Waals surface area contributed by atoms with Crippen LogP contribution in [0.3, 0.4) is 0 Å². The van der Waals surface area contributed by atoms with E-state index in [4.69, 9.17) is 0 Å². The van der Waals surface area contributed by atoms with Crippen molar-refractivity contribution in [1.29, 1.82) is 0 Å². The van der Waals surface area contributed by atoms with Gasteiger partial charge in [0.05, 0.1) is 0 Å². The van der Waals surface area contributed by atoms with E-state index in [0.717, 1.165) is 0 Å². The van der Waals surface area contributed by atoms with E-state index in [1.54, 1.807) is 0 Å². The number of para-hydroxylation sites is 3. The molecule has 2 atom stereocenters. The molecule has 0 aliphatic heterocycles. The molecule has 1 saturated carbocycles. The lowest BCUT2D eigenvalue weighted by Gasteiger charge is -2.22. The first-order valence-corrected chi connectivity index (χ1v) is 9.40. The molecule has 0 heterocycles. The number of anilines is 2. The zero-order valence-electron chi connectivity index (χ0n) is 16.2. The van der Waals surface area contributed by atoms with Gasteiger partial charge in [-0.05, 0) is 24.3 Å². The second-order valence-electron chi connectivity index (χ2n) is 7.10. The SMILES string of the molecule is CN(c1ccccc1)C1C(=[N+](C)c2ccccc2)C1N(C)c1ccccc1. The van der Waals surface area contributed by atoms with Crippen molar-refractivity contribution in [3.8, 4) is 0 Å². The lowest BCUT2D eigenvalue weighted by Crippen LogP contribution is -2.30. The molecule has 0 saturated heterocycles. The molecule has 27 heavy (non-hydrogen) atoms. The molecular weight excluding hydrogens is 330 g/mol. The van der Waals surface area contributed by atoms with Gasteiger partial charge in [0.1, 0.15) is 19.1 Å². The summed E-state index contributed by atoms with van der Waals surface area (Å²) in [6.45, 7) is 0. The Balaban J connectivity index is 1.73. The zero-order valence-corrected chi connectivity index (χ0v) is 16.2. The first-order valence-electron chi connectivity index (χ1n) is 9.40. The number of hydrogen-bond donors (Lipinski definition) is 0. The number of likely N-dealkylation sites (N-methyl/N-ethyl adjacent to an activating group) is 2. The van der Waals surface area contributed by atoms with Crippen LogP contribution in [0, 0.1) is 0 Å². The molecule has 136 valence electrons. The molecule has 3 nitrogen and oxygen atoms in total. The lowest BCUT2D eigenvalue weighted by molar-refractivity contribution is -0.403. The van der Waals surface area contributed by atoms with Crippen LogP contribution in [0.25, 0.3) is 0 Å². The van der Waals surface area contributed by atoms with Crippen molar-refractivity contribution < 1.29 is 4.58 Å². The highest BCUT2D eigenvalue weighted by atomic mass is 15.3. The van der Waals surface area contributed by atoms with Crippen molar-refractivity contribution in [2.24, 2.45) is 0 Å². The minimum Gasteiger partial charge on any atom is -0.360 e. The van der Waals surface area contributed by atoms with Gasteiger partial charge in [0.25, 0.3) is 0 Å². The molecule has 3 heteroatoms. The Hall–Kier alpha value is -3.07. The third-order valence-corrected chi connectivity index (χ3v) is 5.49. The number of rotatable bonds is 5. The average Bonchev–Trinajstić information content (AvgIpc) is 3.49. The van der Waals surface area contributed by atoms with Crippen molar-refractivity contribution in [3.05, 3.63) is 91.0 Å². The molecule has 0 bridgehead atoms. The van der Waals surface area contributed by atoms with Crippen LogP contribution in [0.5, 0.6) is 0 Å². The minimum atomic E-state index is 0.336. The van der Waals surface area contributed by atoms with Crippen LogP contribution >= 0.6 is 0 Å². The van der Waals surface area contributed by atoms with Crippen molar-refractivity contribution in [1.82, 2.24) is 0 Å². The zero-order chi connectivity index (χ0) is 18.8. The summed E-state index contributed by atoms with van der Waals surface area (Å²) in [4.78, 5) is 4.78. The van der Waals surface area contributed by atoms with Gasteiger partial charge in [-0.15, -0.1) is 0 Å². The Morgan fingerprint density at radius 3 is 1.37 bits per heavy atom. The van der Waals surface area contributed by atoms with Crippen LogP contribution in [0.15, 0.2) is 91.0 Å². The third-order valence-electron chi connectivity index (χ3n) is 5.49. The first-order chi connectivity index (χ1) is 13.2. The molecule has 0 amide bonds. The van der Waals surface area contributed by atoms with E-state index in [1.165, 1.54) is 22.8 Å². The molecule has 1 fully saturated rings. The third kappa shape index (κ3) is 3.33. The smallest absolute Gasteiger partial charge is 0.208 e. The van der Waals surface area contributed by atoms with Crippen molar-refractivity contribution in [3.63, 3.8) is 0 Å². The topological polar surface area (TPSA) is 9.49 Å². The molecule has 2 unspecified atom stereocenters. The molecule has 0 spiro atoms. The van der Waals surface area contributed by atoms with E-state index >= 15 is 0 Å². The van der Waals surface area contributed by atoms with E-state index in [1.807, 2.05) is 0 Å². The molecule has 3 aromatic rings. The number of benzene rings is 3. The summed E-state index contributed by atoms with van der Waals surface area (Å²) in [5.74, 6) is 0. The summed E-state index contributed by atoms with van der Waals surface area (Å²) in [7, 11) is 6.56. The maximum atomic E-state index is 2.39. The Bertz CT molecular complexity index is 866. The molecule has 0 radical (unpaired) electrons. The van der Waals surface area contributed by atoms with Crippen LogP contribution < -0.4 is 9.80 Å². The van der Waals surface area contributed by atoms with Crippen LogP contribution in [0.1, 0.15) is 0 Å². The first kappa shape index (κ1) is 17.3. The van der Waals surface area contributed by atoms with Gasteiger partial charge >= 0.3 is 0 Å². The van der Waals surface area contributed by atoms with Gasteiger partial charge in [0, 0.05) is 37.6 Å². The second kappa shape index (κ2) is 7.28. The highest BCUT2D eigenvalue weighted by Gasteiger charge is 2.59. The lowest BCUT2D eigenvalue weighted by atomic mass is 10.3. The van der Waals surface area contributed by atoms with Gasteiger partial charge in [-0.25, -0.2) is 0 Å². The fourth-order valence-corrected chi connectivity index (χ4v) is 3.89. The van der Waals surface area contributed by atoms with Gasteiger partial charge in [-0.2, -0.15) is 4.58 Å². The molecule has 1 aliphatic carbocycles. The largest absolute Gasteiger partial charge is 0.360 e. The highest BCUT2D eigenvalue weighted by Crippen LogP contribution is 2.36. The highest BCUT2D eigenvalue weighted by molar-refractivity contribution is 6.13. The molecule has 4 rings (SSSR count). The van der Waals surface area contributed by atoms with Gasteiger partial charge in [-0.3, -0.25) is 0 Å². The predicted octanol–water partition coefficient (Wildman–Crippen LogP) is 4.43. The fraction of sp³-hybridized carbons (Fsp3) is 0.208. The van der Waals surface area contributed by atoms with Gasteiger partial charge in [0.15, 0.2) is 0 Å². The monoisotopic (exact) mass is 356 g/mol. The molecule has 3 aromatic carbocycles. The molecule has 1 aliphatic rings. The van der Waals surface area contributed by atoms with Gasteiger partial charge in [0.2, 0.25) is 11.4 Å². The Kier molecular flexibility index (Phi) is 4.68. The molecule has 0 N–H and O–H groups in total. The Morgan fingerprint density at radius 1 is 0.593 bits per heavy atom. The summed E-state index contributed by atoms with van der Waals surface area (Å²) in [6, 6.07) is 32.5. The maximum absolute atomic E-state index is 2.39. The van der Waals surface area contributed by atoms with Gasteiger partial charge < -0.3 is 9.80 Å². The molecular formula is C24H26N3+. The summed E-state index contributed by atoms with van der Waals surface area (Å²) in [6.07, 6.45) is 0. The normalized spacial score (nSPS) is 18.1. The number of hydrogen-bond acceptors (Lipinski definition) is 2. The van der Waals surface area contributed by atoms with Crippen molar-refractivity contribution in [2.75, 3.05) is 30.9 Å². The summed E-state index contributed by atoms with van der Waals surface area (Å²) >= 11 is 0. The van der Waals surface area contributed by atoms with E-state index in [0.29, 0.717) is 12.1 Å². The second-order valence-corrected chi connectivity index (χ2v) is 7.10. The predicted molar refractivity (Wildman–Crippen MR) is 115 cm³/mol. The van der Waals surface area contributed by atoms with E-state index in [-0.39, 0.29) is 0 Å². The Labute approximate surface area is 161 Å². The van der Waals surface area contributed by atoms with Crippen LogP contribution in [-0.2, 0) is 0 Å². The van der Waals surface area contributed by atoms with Gasteiger partial charge in [-0.1, -0.05) is 54.6 Å². The summed E-state index contributed by atoms with van der Waals surface area (Å²) in [5, 5.41) is 0. The van der Waals surface area contributed by atoms with E-state index in [2.05, 4.69) is 127 Å². The fourth-order valence-electron chi connectivity index (χ4n) is 3.89. The van der Waals surface area contributed by atoms with Crippen molar-refractivity contribution >= 4 is 22.8 Å². The minimum absolute atomic E-state index is 0.336. The quantitative estimate of drug-likeness (QED) is 0.626. The van der Waals surface area contributed by atoms with E-state index < -0.39 is 0 Å². The average molecular weight is 356 g/mol. The van der Waals surface area contributed by atoms with Crippen LogP contribution in [0.2, 0.25) is 0 Å². The van der Waals surface area contributed by atoms with Crippen LogP contribution in [0.4, 0.5) is 17.1 Å². The maximum Gasteiger partial charge on any atom is 0.208 e. The summed E-state index contributed by atoms with van der Waals surface area (Å²) < 4.78 is 2.34. The Morgan fingerprint density at radius 2 is 0.963 bits per heavy atom. The van der Waals surface area contributed by atoms with E-state index in [9.17, 15) is 0 Å².